The largest absolute Gasteiger partial charge is 0.338 e. The van der Waals surface area contributed by atoms with Gasteiger partial charge in [-0.2, -0.15) is 16.7 Å². The van der Waals surface area contributed by atoms with Crippen LogP contribution in [-0.2, 0) is 21.0 Å². The lowest BCUT2D eigenvalue weighted by Crippen LogP contribution is -2.14. The van der Waals surface area contributed by atoms with E-state index in [4.69, 9.17) is 4.52 Å². The van der Waals surface area contributed by atoms with E-state index < -0.39 is 9.84 Å². The zero-order valence-corrected chi connectivity index (χ0v) is 13.8. The zero-order chi connectivity index (χ0) is 14.7. The van der Waals surface area contributed by atoms with Crippen LogP contribution >= 0.6 is 11.8 Å². The lowest BCUT2D eigenvalue weighted by molar-refractivity contribution is 0.373. The van der Waals surface area contributed by atoms with Crippen molar-refractivity contribution >= 4 is 21.6 Å². The van der Waals surface area contributed by atoms with Crippen molar-refractivity contribution in [1.29, 1.82) is 0 Å². The van der Waals surface area contributed by atoms with Crippen molar-refractivity contribution in [2.45, 2.75) is 38.9 Å². The number of nitrogens with zero attached hydrogens (tertiary/aromatic N) is 2. The molecule has 110 valence electrons. The van der Waals surface area contributed by atoms with Crippen molar-refractivity contribution in [3.8, 4) is 0 Å². The minimum absolute atomic E-state index is 0.115. The van der Waals surface area contributed by atoms with Crippen molar-refractivity contribution in [3.05, 3.63) is 11.7 Å². The predicted octanol–water partition coefficient (Wildman–Crippen LogP) is 2.28. The van der Waals surface area contributed by atoms with Gasteiger partial charge in [0.1, 0.15) is 9.84 Å². The fourth-order valence-electron chi connectivity index (χ4n) is 1.53. The lowest BCUT2D eigenvalue weighted by Gasteiger charge is -2.11. The molecule has 0 saturated carbocycles. The second-order valence-corrected chi connectivity index (χ2v) is 9.19. The van der Waals surface area contributed by atoms with Gasteiger partial charge in [-0.15, -0.1) is 0 Å². The van der Waals surface area contributed by atoms with Crippen molar-refractivity contribution < 1.29 is 12.9 Å². The van der Waals surface area contributed by atoms with Crippen molar-refractivity contribution in [1.82, 2.24) is 10.1 Å². The third-order valence-electron chi connectivity index (χ3n) is 2.35. The minimum Gasteiger partial charge on any atom is -0.338 e. The van der Waals surface area contributed by atoms with Crippen LogP contribution in [0.4, 0.5) is 0 Å². The SMILES string of the molecule is CC(CSCc1nc(C(C)(C)C)no1)CS(C)(=O)=O. The summed E-state index contributed by atoms with van der Waals surface area (Å²) in [5.41, 5.74) is -0.115. The van der Waals surface area contributed by atoms with Crippen LogP contribution in [0.25, 0.3) is 0 Å². The molecule has 1 atom stereocenters. The molecular formula is C12H22N2O3S2. The molecule has 7 heteroatoms. The molecule has 0 aliphatic heterocycles. The summed E-state index contributed by atoms with van der Waals surface area (Å²) in [6.45, 7) is 8.03. The smallest absolute Gasteiger partial charge is 0.236 e. The highest BCUT2D eigenvalue weighted by atomic mass is 32.2. The molecule has 19 heavy (non-hydrogen) atoms. The Morgan fingerprint density at radius 1 is 1.37 bits per heavy atom. The summed E-state index contributed by atoms with van der Waals surface area (Å²) in [6.07, 6.45) is 1.27. The number of hydrogen-bond acceptors (Lipinski definition) is 6. The van der Waals surface area contributed by atoms with Gasteiger partial charge in [-0.05, 0) is 11.7 Å². The van der Waals surface area contributed by atoms with Gasteiger partial charge in [-0.25, -0.2) is 8.42 Å². The highest BCUT2D eigenvalue weighted by Crippen LogP contribution is 2.21. The van der Waals surface area contributed by atoms with E-state index in [0.717, 1.165) is 5.75 Å². The van der Waals surface area contributed by atoms with Gasteiger partial charge in [-0.3, -0.25) is 0 Å². The molecule has 1 rings (SSSR count). The first kappa shape index (κ1) is 16.5. The van der Waals surface area contributed by atoms with E-state index >= 15 is 0 Å². The highest BCUT2D eigenvalue weighted by molar-refractivity contribution is 7.98. The molecule has 1 aromatic rings. The van der Waals surface area contributed by atoms with Crippen LogP contribution in [0.5, 0.6) is 0 Å². The van der Waals surface area contributed by atoms with Crippen LogP contribution in [0.15, 0.2) is 4.52 Å². The van der Waals surface area contributed by atoms with Gasteiger partial charge in [0.25, 0.3) is 0 Å². The second-order valence-electron chi connectivity index (χ2n) is 5.97. The van der Waals surface area contributed by atoms with Gasteiger partial charge >= 0.3 is 0 Å². The third kappa shape index (κ3) is 6.42. The lowest BCUT2D eigenvalue weighted by atomic mass is 9.96. The first-order chi connectivity index (χ1) is 8.58. The van der Waals surface area contributed by atoms with Crippen LogP contribution in [0.3, 0.4) is 0 Å². The van der Waals surface area contributed by atoms with Crippen LogP contribution < -0.4 is 0 Å². The van der Waals surface area contributed by atoms with Gasteiger partial charge in [-0.1, -0.05) is 32.9 Å². The summed E-state index contributed by atoms with van der Waals surface area (Å²) in [5.74, 6) is 3.04. The monoisotopic (exact) mass is 306 g/mol. The number of sulfone groups is 1. The van der Waals surface area contributed by atoms with Crippen molar-refractivity contribution in [3.63, 3.8) is 0 Å². The number of hydrogen-bond donors (Lipinski definition) is 0. The number of thioether (sulfide) groups is 1. The van der Waals surface area contributed by atoms with E-state index in [1.165, 1.54) is 6.26 Å². The average molecular weight is 306 g/mol. The predicted molar refractivity (Wildman–Crippen MR) is 78.0 cm³/mol. The molecule has 1 unspecified atom stereocenters. The average Bonchev–Trinajstić information content (AvgIpc) is 2.62. The van der Waals surface area contributed by atoms with Crippen LogP contribution in [0.1, 0.15) is 39.4 Å². The Kier molecular flexibility index (Phi) is 5.43. The molecule has 0 aromatic carbocycles. The van der Waals surface area contributed by atoms with Gasteiger partial charge in [0.2, 0.25) is 5.89 Å². The number of rotatable bonds is 6. The molecule has 0 aliphatic carbocycles. The molecule has 0 radical (unpaired) electrons. The molecule has 5 nitrogen and oxygen atoms in total. The van der Waals surface area contributed by atoms with Crippen molar-refractivity contribution in [2.24, 2.45) is 5.92 Å². The molecule has 1 aromatic heterocycles. The molecular weight excluding hydrogens is 284 g/mol. The van der Waals surface area contributed by atoms with Crippen LogP contribution in [0.2, 0.25) is 0 Å². The summed E-state index contributed by atoms with van der Waals surface area (Å²) >= 11 is 1.62. The van der Waals surface area contributed by atoms with Crippen LogP contribution in [-0.4, -0.2) is 36.3 Å². The fourth-order valence-corrected chi connectivity index (χ4v) is 3.76. The van der Waals surface area contributed by atoms with E-state index in [9.17, 15) is 8.42 Å². The molecule has 0 N–H and O–H groups in total. The quantitative estimate of drug-likeness (QED) is 0.803. The first-order valence-corrected chi connectivity index (χ1v) is 9.38. The normalized spacial score (nSPS) is 14.6. The maximum atomic E-state index is 11.1. The van der Waals surface area contributed by atoms with Gasteiger partial charge in [0.05, 0.1) is 11.5 Å². The Bertz CT molecular complexity index is 503. The van der Waals surface area contributed by atoms with E-state index in [0.29, 0.717) is 17.5 Å². The Hall–Kier alpha value is -0.560. The van der Waals surface area contributed by atoms with Gasteiger partial charge < -0.3 is 4.52 Å². The first-order valence-electron chi connectivity index (χ1n) is 6.16. The highest BCUT2D eigenvalue weighted by Gasteiger charge is 2.21. The van der Waals surface area contributed by atoms with Crippen molar-refractivity contribution in [2.75, 3.05) is 17.8 Å². The molecule has 0 fully saturated rings. The maximum absolute atomic E-state index is 11.1. The van der Waals surface area contributed by atoms with E-state index in [2.05, 4.69) is 10.1 Å². The van der Waals surface area contributed by atoms with Gasteiger partial charge in [0.15, 0.2) is 5.82 Å². The Morgan fingerprint density at radius 3 is 2.47 bits per heavy atom. The summed E-state index contributed by atoms with van der Waals surface area (Å²) < 4.78 is 27.5. The van der Waals surface area contributed by atoms with E-state index in [1.807, 2.05) is 27.7 Å². The third-order valence-corrected chi connectivity index (χ3v) is 4.78. The maximum Gasteiger partial charge on any atom is 0.236 e. The Morgan fingerprint density at radius 2 is 2.00 bits per heavy atom. The standard InChI is InChI=1S/C12H22N2O3S2/c1-9(8-19(5,15)16)6-18-7-10-13-11(14-17-10)12(2,3)4/h9H,6-8H2,1-5H3. The summed E-state index contributed by atoms with van der Waals surface area (Å²) in [6, 6.07) is 0. The summed E-state index contributed by atoms with van der Waals surface area (Å²) in [4.78, 5) is 4.34. The van der Waals surface area contributed by atoms with Crippen LogP contribution in [0, 0.1) is 5.92 Å². The van der Waals surface area contributed by atoms with E-state index in [1.54, 1.807) is 11.8 Å². The molecule has 0 bridgehead atoms. The Labute approximate surface area is 119 Å². The number of aromatic nitrogens is 2. The molecule has 0 amide bonds. The minimum atomic E-state index is -2.90. The molecule has 0 aliphatic rings. The molecule has 0 spiro atoms. The van der Waals surface area contributed by atoms with Gasteiger partial charge in [0, 0.05) is 11.7 Å². The fraction of sp³-hybridized carbons (Fsp3) is 0.833. The second kappa shape index (κ2) is 6.26. The Balaban J connectivity index is 2.40. The topological polar surface area (TPSA) is 73.1 Å². The summed E-state index contributed by atoms with van der Waals surface area (Å²) in [7, 11) is -2.90. The molecule has 1 heterocycles. The van der Waals surface area contributed by atoms with E-state index in [-0.39, 0.29) is 17.1 Å². The summed E-state index contributed by atoms with van der Waals surface area (Å²) in [5, 5.41) is 3.95. The molecule has 0 saturated heterocycles. The zero-order valence-electron chi connectivity index (χ0n) is 12.1.